The summed E-state index contributed by atoms with van der Waals surface area (Å²) in [6.45, 7) is 1.91. The minimum Gasteiger partial charge on any atom is -0.328 e. The van der Waals surface area contributed by atoms with Crippen molar-refractivity contribution in [3.63, 3.8) is 0 Å². The first-order valence-corrected chi connectivity index (χ1v) is 4.13. The average Bonchev–Trinajstić information content (AvgIpc) is 1.78. The lowest BCUT2D eigenvalue weighted by Crippen LogP contribution is -2.36. The Hall–Kier alpha value is -0.180. The highest BCUT2D eigenvalue weighted by molar-refractivity contribution is 4.86. The van der Waals surface area contributed by atoms with Crippen molar-refractivity contribution in [1.29, 1.82) is 0 Å². The van der Waals surface area contributed by atoms with Crippen LogP contribution in [0.15, 0.2) is 0 Å². The van der Waals surface area contributed by atoms with Gasteiger partial charge in [0.2, 0.25) is 5.92 Å². The number of nitrogens with two attached hydrogens (primary N) is 1. The first-order valence-electron chi connectivity index (χ1n) is 4.13. The van der Waals surface area contributed by atoms with Crippen LogP contribution in [0.1, 0.15) is 32.6 Å². The first-order chi connectivity index (χ1) is 4.99. The van der Waals surface area contributed by atoms with E-state index in [2.05, 4.69) is 0 Å². The number of alkyl halides is 2. The predicted octanol–water partition coefficient (Wildman–Crippen LogP) is 2.16. The van der Waals surface area contributed by atoms with E-state index in [9.17, 15) is 8.78 Å². The molecule has 1 atom stereocenters. The van der Waals surface area contributed by atoms with Crippen molar-refractivity contribution in [1.82, 2.24) is 0 Å². The van der Waals surface area contributed by atoms with Gasteiger partial charge >= 0.3 is 0 Å². The van der Waals surface area contributed by atoms with Gasteiger partial charge in [0, 0.05) is 18.9 Å². The van der Waals surface area contributed by atoms with E-state index in [0.717, 1.165) is 12.8 Å². The van der Waals surface area contributed by atoms with Crippen LogP contribution >= 0.6 is 0 Å². The second-order valence-corrected chi connectivity index (χ2v) is 3.68. The Balaban J connectivity index is 2.05. The maximum atomic E-state index is 12.3. The minimum absolute atomic E-state index is 0.0831. The minimum atomic E-state index is -2.36. The molecule has 0 aromatic carbocycles. The molecule has 66 valence electrons. The fourth-order valence-electron chi connectivity index (χ4n) is 1.49. The highest BCUT2D eigenvalue weighted by Crippen LogP contribution is 2.44. The van der Waals surface area contributed by atoms with Crippen LogP contribution in [0.4, 0.5) is 8.78 Å². The van der Waals surface area contributed by atoms with Gasteiger partial charge in [0.15, 0.2) is 0 Å². The molecule has 1 nitrogen and oxygen atoms in total. The van der Waals surface area contributed by atoms with Crippen molar-refractivity contribution in [2.45, 2.75) is 44.6 Å². The average molecular weight is 163 g/mol. The molecule has 0 heterocycles. The van der Waals surface area contributed by atoms with E-state index < -0.39 is 5.92 Å². The summed E-state index contributed by atoms with van der Waals surface area (Å²) >= 11 is 0. The molecule has 3 heteroatoms. The third kappa shape index (κ3) is 2.73. The lowest BCUT2D eigenvalue weighted by atomic mass is 9.78. The Labute approximate surface area is 66.0 Å². The van der Waals surface area contributed by atoms with Crippen LogP contribution in [0.5, 0.6) is 0 Å². The Morgan fingerprint density at radius 2 is 2.09 bits per heavy atom. The molecule has 1 saturated carbocycles. The van der Waals surface area contributed by atoms with Crippen LogP contribution in [0.25, 0.3) is 0 Å². The topological polar surface area (TPSA) is 26.0 Å². The fourth-order valence-corrected chi connectivity index (χ4v) is 1.49. The molecule has 1 fully saturated rings. The highest BCUT2D eigenvalue weighted by atomic mass is 19.3. The van der Waals surface area contributed by atoms with E-state index in [1.165, 1.54) is 0 Å². The third-order valence-electron chi connectivity index (χ3n) is 2.20. The molecule has 0 saturated heterocycles. The SMILES string of the molecule is CC(N)CCC1CC(F)(F)C1. The van der Waals surface area contributed by atoms with Gasteiger partial charge in [-0.25, -0.2) is 8.78 Å². The van der Waals surface area contributed by atoms with Gasteiger partial charge in [-0.1, -0.05) is 0 Å². The molecule has 11 heavy (non-hydrogen) atoms. The third-order valence-corrected chi connectivity index (χ3v) is 2.20. The summed E-state index contributed by atoms with van der Waals surface area (Å²) in [5.41, 5.74) is 5.50. The number of halogens is 2. The molecule has 0 aliphatic heterocycles. The zero-order valence-corrected chi connectivity index (χ0v) is 6.82. The van der Waals surface area contributed by atoms with Crippen molar-refractivity contribution in [2.75, 3.05) is 0 Å². The van der Waals surface area contributed by atoms with Gasteiger partial charge < -0.3 is 5.73 Å². The second kappa shape index (κ2) is 3.05. The summed E-state index contributed by atoms with van der Waals surface area (Å²) < 4.78 is 24.6. The Kier molecular flexibility index (Phi) is 2.47. The van der Waals surface area contributed by atoms with Gasteiger partial charge in [-0.2, -0.15) is 0 Å². The van der Waals surface area contributed by atoms with E-state index in [-0.39, 0.29) is 24.8 Å². The van der Waals surface area contributed by atoms with Gasteiger partial charge in [-0.15, -0.1) is 0 Å². The number of hydrogen-bond acceptors (Lipinski definition) is 1. The zero-order valence-electron chi connectivity index (χ0n) is 6.82. The maximum absolute atomic E-state index is 12.3. The quantitative estimate of drug-likeness (QED) is 0.677. The molecule has 0 radical (unpaired) electrons. The van der Waals surface area contributed by atoms with Crippen LogP contribution in [0.3, 0.4) is 0 Å². The van der Waals surface area contributed by atoms with Crippen LogP contribution < -0.4 is 5.73 Å². The first kappa shape index (κ1) is 8.91. The summed E-state index contributed by atoms with van der Waals surface area (Å²) in [4.78, 5) is 0. The van der Waals surface area contributed by atoms with Crippen molar-refractivity contribution >= 4 is 0 Å². The molecule has 1 rings (SSSR count). The molecule has 0 bridgehead atoms. The van der Waals surface area contributed by atoms with Crippen LogP contribution in [0, 0.1) is 5.92 Å². The van der Waals surface area contributed by atoms with Crippen LogP contribution in [-0.4, -0.2) is 12.0 Å². The van der Waals surface area contributed by atoms with Gasteiger partial charge in [-0.05, 0) is 25.7 Å². The fraction of sp³-hybridized carbons (Fsp3) is 1.00. The van der Waals surface area contributed by atoms with Crippen molar-refractivity contribution in [3.8, 4) is 0 Å². The molecule has 0 aromatic heterocycles. The van der Waals surface area contributed by atoms with Crippen LogP contribution in [0.2, 0.25) is 0 Å². The van der Waals surface area contributed by atoms with Gasteiger partial charge in [0.25, 0.3) is 0 Å². The Bertz CT molecular complexity index is 126. The summed E-state index contributed by atoms with van der Waals surface area (Å²) in [6, 6.07) is 0.157. The lowest BCUT2D eigenvalue weighted by molar-refractivity contribution is -0.112. The molecule has 0 amide bonds. The zero-order chi connectivity index (χ0) is 8.48. The highest BCUT2D eigenvalue weighted by Gasteiger charge is 2.44. The predicted molar refractivity (Wildman–Crippen MR) is 40.6 cm³/mol. The van der Waals surface area contributed by atoms with Crippen LogP contribution in [-0.2, 0) is 0 Å². The lowest BCUT2D eigenvalue weighted by Gasteiger charge is -2.35. The van der Waals surface area contributed by atoms with E-state index in [1.54, 1.807) is 0 Å². The van der Waals surface area contributed by atoms with E-state index in [4.69, 9.17) is 5.73 Å². The summed E-state index contributed by atoms with van der Waals surface area (Å²) in [5, 5.41) is 0. The normalized spacial score (nSPS) is 26.2. The molecule has 0 spiro atoms. The molecule has 1 aliphatic rings. The molecule has 2 N–H and O–H groups in total. The molecular formula is C8H15F2N. The van der Waals surface area contributed by atoms with E-state index >= 15 is 0 Å². The molecular weight excluding hydrogens is 148 g/mol. The summed E-state index contributed by atoms with van der Waals surface area (Å²) in [6.07, 6.45) is 1.91. The van der Waals surface area contributed by atoms with Gasteiger partial charge in [-0.3, -0.25) is 0 Å². The maximum Gasteiger partial charge on any atom is 0.248 e. The van der Waals surface area contributed by atoms with E-state index in [0.29, 0.717) is 0 Å². The standard InChI is InChI=1S/C8H15F2N/c1-6(11)2-3-7-4-8(9,10)5-7/h6-7H,2-5,11H2,1H3. The van der Waals surface area contributed by atoms with Crippen molar-refractivity contribution in [2.24, 2.45) is 11.7 Å². The monoisotopic (exact) mass is 163 g/mol. The van der Waals surface area contributed by atoms with Crippen molar-refractivity contribution < 1.29 is 8.78 Å². The van der Waals surface area contributed by atoms with Gasteiger partial charge in [0.1, 0.15) is 0 Å². The van der Waals surface area contributed by atoms with Crippen molar-refractivity contribution in [3.05, 3.63) is 0 Å². The smallest absolute Gasteiger partial charge is 0.248 e. The summed E-state index contributed by atoms with van der Waals surface area (Å²) in [7, 11) is 0. The second-order valence-electron chi connectivity index (χ2n) is 3.68. The molecule has 0 aromatic rings. The molecule has 1 aliphatic carbocycles. The number of hydrogen-bond donors (Lipinski definition) is 1. The largest absolute Gasteiger partial charge is 0.328 e. The Morgan fingerprint density at radius 3 is 2.45 bits per heavy atom. The Morgan fingerprint density at radius 1 is 1.55 bits per heavy atom. The summed E-state index contributed by atoms with van der Waals surface area (Å²) in [5.74, 6) is -2.13. The number of rotatable bonds is 3. The van der Waals surface area contributed by atoms with E-state index in [1.807, 2.05) is 6.92 Å². The van der Waals surface area contributed by atoms with Gasteiger partial charge in [0.05, 0.1) is 0 Å². The molecule has 1 unspecified atom stereocenters.